The fraction of sp³-hybridized carbons (Fsp3) is 0.0769. The maximum atomic E-state index is 11.9. The fourth-order valence-corrected chi connectivity index (χ4v) is 1.89. The van der Waals surface area contributed by atoms with Crippen molar-refractivity contribution in [1.29, 1.82) is 0 Å². The van der Waals surface area contributed by atoms with E-state index in [1.807, 2.05) is 60.1 Å². The van der Waals surface area contributed by atoms with Gasteiger partial charge in [-0.2, -0.15) is 0 Å². The Hall–Kier alpha value is -1.63. The molecule has 1 N–H and O–H groups in total. The maximum Gasteiger partial charge on any atom is 0.270 e. The molecule has 0 atom stereocenters. The van der Waals surface area contributed by atoms with Crippen molar-refractivity contribution in [3.05, 3.63) is 59.9 Å². The summed E-state index contributed by atoms with van der Waals surface area (Å²) in [6, 6.07) is 12.9. The lowest BCUT2D eigenvalue weighted by atomic mass is 10.2. The van der Waals surface area contributed by atoms with Crippen molar-refractivity contribution in [2.75, 3.05) is 3.22 Å². The molecule has 0 saturated heterocycles. The molecule has 0 radical (unpaired) electrons. The van der Waals surface area contributed by atoms with E-state index < -0.39 is 0 Å². The van der Waals surface area contributed by atoms with Crippen LogP contribution in [0.2, 0.25) is 0 Å². The number of halogens is 1. The van der Waals surface area contributed by atoms with Crippen LogP contribution in [-0.2, 0) is 0 Å². The number of nitrogens with zero attached hydrogens (tertiary/aromatic N) is 2. The molecule has 0 aliphatic rings. The van der Waals surface area contributed by atoms with Crippen LogP contribution in [0.4, 0.5) is 5.69 Å². The van der Waals surface area contributed by atoms with Crippen molar-refractivity contribution in [3.8, 4) is 0 Å². The lowest BCUT2D eigenvalue weighted by molar-refractivity contribution is 0.0958. The molecule has 0 fully saturated rings. The van der Waals surface area contributed by atoms with E-state index in [1.54, 1.807) is 21.6 Å². The Morgan fingerprint density at radius 3 is 2.56 bits per heavy atom. The molecule has 92 valence electrons. The van der Waals surface area contributed by atoms with Crippen LogP contribution in [0.1, 0.15) is 16.1 Å². The van der Waals surface area contributed by atoms with Crippen LogP contribution >= 0.6 is 22.9 Å². The zero-order valence-corrected chi connectivity index (χ0v) is 12.0. The highest BCUT2D eigenvalue weighted by Crippen LogP contribution is 2.15. The Morgan fingerprint density at radius 2 is 1.94 bits per heavy atom. The third-order valence-corrected chi connectivity index (χ3v) is 3.16. The maximum absolute atomic E-state index is 11.9. The Labute approximate surface area is 119 Å². The van der Waals surface area contributed by atoms with Crippen molar-refractivity contribution >= 4 is 34.5 Å². The molecule has 1 aromatic heterocycles. The Bertz CT molecular complexity index is 528. The van der Waals surface area contributed by atoms with Gasteiger partial charge in [0.1, 0.15) is 0 Å². The zero-order valence-electron chi connectivity index (χ0n) is 9.80. The van der Waals surface area contributed by atoms with Gasteiger partial charge in [0.25, 0.3) is 5.91 Å². The number of hydrogen-bond acceptors (Lipinski definition) is 3. The summed E-state index contributed by atoms with van der Waals surface area (Å²) < 4.78 is 1.62. The SMILES string of the molecule is Cc1ccc(N(I)NC(=O)c2ccccc2)cn1. The first-order valence-electron chi connectivity index (χ1n) is 5.41. The molecule has 0 aliphatic carbocycles. The molecule has 0 bridgehead atoms. The molecular weight excluding hydrogens is 341 g/mol. The number of nitrogens with one attached hydrogen (secondary N) is 1. The molecule has 1 amide bonds. The summed E-state index contributed by atoms with van der Waals surface area (Å²) in [7, 11) is 0. The summed E-state index contributed by atoms with van der Waals surface area (Å²) in [6.07, 6.45) is 1.72. The van der Waals surface area contributed by atoms with Crippen LogP contribution in [0.3, 0.4) is 0 Å². The first kappa shape index (κ1) is 12.8. The third kappa shape index (κ3) is 3.19. The lowest BCUT2D eigenvalue weighted by Crippen LogP contribution is -2.35. The largest absolute Gasteiger partial charge is 0.270 e. The summed E-state index contributed by atoms with van der Waals surface area (Å²) >= 11 is 2.02. The van der Waals surface area contributed by atoms with Crippen LogP contribution in [0.15, 0.2) is 48.7 Å². The van der Waals surface area contributed by atoms with Crippen molar-refractivity contribution in [1.82, 2.24) is 10.4 Å². The monoisotopic (exact) mass is 353 g/mol. The Morgan fingerprint density at radius 1 is 1.22 bits per heavy atom. The quantitative estimate of drug-likeness (QED) is 0.524. The second-order valence-electron chi connectivity index (χ2n) is 3.75. The van der Waals surface area contributed by atoms with Gasteiger partial charge in [-0.3, -0.25) is 15.2 Å². The van der Waals surface area contributed by atoms with E-state index in [0.717, 1.165) is 11.4 Å². The number of benzene rings is 1. The van der Waals surface area contributed by atoms with Crippen LogP contribution in [0.25, 0.3) is 0 Å². The van der Waals surface area contributed by atoms with E-state index in [-0.39, 0.29) is 5.91 Å². The van der Waals surface area contributed by atoms with E-state index in [9.17, 15) is 4.79 Å². The standard InChI is InChI=1S/C13H12IN3O/c1-10-7-8-12(9-15-10)17(14)16-13(18)11-5-3-2-4-6-11/h2-9H,1H3,(H,16,18). The van der Waals surface area contributed by atoms with Gasteiger partial charge < -0.3 is 0 Å². The fourth-order valence-electron chi connectivity index (χ4n) is 1.38. The highest BCUT2D eigenvalue weighted by molar-refractivity contribution is 14.1. The minimum absolute atomic E-state index is 0.148. The number of aromatic nitrogens is 1. The molecule has 4 nitrogen and oxygen atoms in total. The number of anilines is 1. The van der Waals surface area contributed by atoms with Crippen molar-refractivity contribution in [3.63, 3.8) is 0 Å². The van der Waals surface area contributed by atoms with Gasteiger partial charge in [0.05, 0.1) is 34.7 Å². The van der Waals surface area contributed by atoms with Gasteiger partial charge in [-0.15, -0.1) is 0 Å². The molecule has 0 spiro atoms. The molecule has 1 heterocycles. The molecule has 5 heteroatoms. The Balaban J connectivity index is 2.06. The van der Waals surface area contributed by atoms with Crippen molar-refractivity contribution < 1.29 is 4.79 Å². The van der Waals surface area contributed by atoms with Gasteiger partial charge in [0, 0.05) is 11.3 Å². The molecule has 2 rings (SSSR count). The Kier molecular flexibility index (Phi) is 4.14. The third-order valence-electron chi connectivity index (χ3n) is 2.36. The number of aryl methyl sites for hydroxylation is 1. The van der Waals surface area contributed by atoms with Crippen molar-refractivity contribution in [2.24, 2.45) is 0 Å². The molecule has 0 saturated carbocycles. The summed E-state index contributed by atoms with van der Waals surface area (Å²) in [5, 5.41) is 0. The van der Waals surface area contributed by atoms with Crippen molar-refractivity contribution in [2.45, 2.75) is 6.92 Å². The van der Waals surface area contributed by atoms with Gasteiger partial charge in [-0.05, 0) is 31.2 Å². The van der Waals surface area contributed by atoms with Crippen LogP contribution in [-0.4, -0.2) is 10.9 Å². The molecule has 0 aliphatic heterocycles. The first-order chi connectivity index (χ1) is 8.66. The minimum atomic E-state index is -0.148. The van der Waals surface area contributed by atoms with Gasteiger partial charge in [0.15, 0.2) is 0 Å². The average molecular weight is 353 g/mol. The van der Waals surface area contributed by atoms with E-state index >= 15 is 0 Å². The first-order valence-corrected chi connectivity index (χ1v) is 6.38. The summed E-state index contributed by atoms with van der Waals surface area (Å²) in [6.45, 7) is 1.92. The summed E-state index contributed by atoms with van der Waals surface area (Å²) in [5.74, 6) is -0.148. The average Bonchev–Trinajstić information content (AvgIpc) is 2.40. The van der Waals surface area contributed by atoms with Crippen LogP contribution < -0.4 is 8.65 Å². The van der Waals surface area contributed by atoms with Gasteiger partial charge in [-0.1, -0.05) is 18.2 Å². The number of pyridine rings is 1. The lowest BCUT2D eigenvalue weighted by Gasteiger charge is -2.17. The highest BCUT2D eigenvalue weighted by atomic mass is 127. The zero-order chi connectivity index (χ0) is 13.0. The smallest absolute Gasteiger partial charge is 0.267 e. The van der Waals surface area contributed by atoms with E-state index in [4.69, 9.17) is 0 Å². The van der Waals surface area contributed by atoms with Gasteiger partial charge >= 0.3 is 0 Å². The number of carbonyl (C=O) groups is 1. The highest BCUT2D eigenvalue weighted by Gasteiger charge is 2.09. The molecule has 0 unspecified atom stereocenters. The number of amides is 1. The van der Waals surface area contributed by atoms with E-state index in [1.165, 1.54) is 0 Å². The summed E-state index contributed by atoms with van der Waals surface area (Å²) in [4.78, 5) is 16.1. The summed E-state index contributed by atoms with van der Waals surface area (Å²) in [5.41, 5.74) is 5.16. The topological polar surface area (TPSA) is 45.2 Å². The second kappa shape index (κ2) is 5.81. The minimum Gasteiger partial charge on any atom is -0.267 e. The molecular formula is C13H12IN3O. The predicted molar refractivity (Wildman–Crippen MR) is 79.4 cm³/mol. The predicted octanol–water partition coefficient (Wildman–Crippen LogP) is 2.89. The second-order valence-corrected chi connectivity index (χ2v) is 4.71. The molecule has 18 heavy (non-hydrogen) atoms. The number of rotatable bonds is 3. The van der Waals surface area contributed by atoms with E-state index in [0.29, 0.717) is 5.56 Å². The number of hydrogen-bond donors (Lipinski definition) is 1. The van der Waals surface area contributed by atoms with Gasteiger partial charge in [-0.25, -0.2) is 3.22 Å². The van der Waals surface area contributed by atoms with Crippen LogP contribution in [0, 0.1) is 6.92 Å². The van der Waals surface area contributed by atoms with Gasteiger partial charge in [0.2, 0.25) is 0 Å². The number of carbonyl (C=O) groups excluding carboxylic acids is 1. The van der Waals surface area contributed by atoms with Crippen LogP contribution in [0.5, 0.6) is 0 Å². The van der Waals surface area contributed by atoms with E-state index in [2.05, 4.69) is 10.4 Å². The molecule has 2 aromatic rings. The number of hydrazine groups is 1. The molecule has 1 aromatic carbocycles. The normalized spacial score (nSPS) is 9.89.